The minimum Gasteiger partial charge on any atom is -0.439 e. The minimum atomic E-state index is 0.289. The lowest BCUT2D eigenvalue weighted by Gasteiger charge is -2.12. The summed E-state index contributed by atoms with van der Waals surface area (Å²) in [5.41, 5.74) is 3.27. The lowest BCUT2D eigenvalue weighted by Crippen LogP contribution is -2.00. The minimum absolute atomic E-state index is 0.289. The van der Waals surface area contributed by atoms with E-state index in [0.29, 0.717) is 16.8 Å². The average molecular weight is 399 g/mol. The third kappa shape index (κ3) is 5.47. The maximum Gasteiger partial charge on any atom is 0.223 e. The Morgan fingerprint density at radius 1 is 1.04 bits per heavy atom. The van der Waals surface area contributed by atoms with Gasteiger partial charge in [-0.1, -0.05) is 74.5 Å². The lowest BCUT2D eigenvalue weighted by molar-refractivity contribution is 0.452. The average Bonchev–Trinajstić information content (AvgIpc) is 2.67. The molecule has 0 aliphatic rings. The summed E-state index contributed by atoms with van der Waals surface area (Å²) in [5, 5.41) is 1.46. The highest BCUT2D eigenvalue weighted by molar-refractivity contribution is 7.98. The molecule has 3 nitrogen and oxygen atoms in total. The molecule has 0 spiro atoms. The largest absolute Gasteiger partial charge is 0.439 e. The number of halogens is 1. The first kappa shape index (κ1) is 19.7. The van der Waals surface area contributed by atoms with Gasteiger partial charge in [-0.2, -0.15) is 4.98 Å². The monoisotopic (exact) mass is 398 g/mol. The van der Waals surface area contributed by atoms with E-state index in [4.69, 9.17) is 16.3 Å². The molecule has 0 N–H and O–H groups in total. The van der Waals surface area contributed by atoms with Crippen LogP contribution in [0.1, 0.15) is 43.5 Å². The van der Waals surface area contributed by atoms with Crippen molar-refractivity contribution in [3.63, 3.8) is 0 Å². The predicted molar refractivity (Wildman–Crippen MR) is 113 cm³/mol. The van der Waals surface area contributed by atoms with Crippen LogP contribution < -0.4 is 4.74 Å². The van der Waals surface area contributed by atoms with Crippen molar-refractivity contribution in [2.45, 2.75) is 44.0 Å². The van der Waals surface area contributed by atoms with Crippen molar-refractivity contribution >= 4 is 23.4 Å². The Balaban J connectivity index is 1.82. The van der Waals surface area contributed by atoms with E-state index in [1.807, 2.05) is 48.5 Å². The van der Waals surface area contributed by atoms with Crippen LogP contribution in [0.5, 0.6) is 11.6 Å². The third-order valence-corrected chi connectivity index (χ3v) is 5.40. The summed E-state index contributed by atoms with van der Waals surface area (Å²) in [7, 11) is 0. The molecule has 1 heterocycles. The maximum atomic E-state index is 6.26. The molecule has 5 heteroatoms. The molecular weight excluding hydrogens is 376 g/mol. The summed E-state index contributed by atoms with van der Waals surface area (Å²) in [6.07, 6.45) is 0.969. The number of hydrogen-bond donors (Lipinski definition) is 0. The molecule has 0 saturated carbocycles. The molecule has 1 aromatic heterocycles. The number of nitrogens with zero attached hydrogens (tertiary/aromatic N) is 2. The molecule has 2 aromatic carbocycles. The Labute approximate surface area is 170 Å². The van der Waals surface area contributed by atoms with Gasteiger partial charge in [0.05, 0.1) is 5.69 Å². The van der Waals surface area contributed by atoms with Gasteiger partial charge in [0, 0.05) is 16.8 Å². The van der Waals surface area contributed by atoms with Gasteiger partial charge in [0.25, 0.3) is 0 Å². The lowest BCUT2D eigenvalue weighted by atomic mass is 10.1. The molecule has 0 unspecified atom stereocenters. The SMILES string of the molecule is CCc1cccc(Oc2cc(C(C)C)nc(SCc3ccccc3Cl)n2)c1. The van der Waals surface area contributed by atoms with Crippen LogP contribution in [-0.4, -0.2) is 9.97 Å². The molecule has 0 aliphatic heterocycles. The quantitative estimate of drug-likeness (QED) is 0.320. The zero-order valence-corrected chi connectivity index (χ0v) is 17.3. The van der Waals surface area contributed by atoms with Crippen LogP contribution in [0.15, 0.2) is 59.8 Å². The maximum absolute atomic E-state index is 6.26. The molecule has 27 heavy (non-hydrogen) atoms. The molecular formula is C22H23ClN2OS. The van der Waals surface area contributed by atoms with E-state index < -0.39 is 0 Å². The van der Waals surface area contributed by atoms with Crippen LogP contribution in [0.4, 0.5) is 0 Å². The van der Waals surface area contributed by atoms with Crippen molar-refractivity contribution in [1.82, 2.24) is 9.97 Å². The normalized spacial score (nSPS) is 11.0. The van der Waals surface area contributed by atoms with E-state index in [0.717, 1.165) is 28.5 Å². The number of aromatic nitrogens is 2. The first-order valence-corrected chi connectivity index (χ1v) is 10.4. The zero-order valence-electron chi connectivity index (χ0n) is 15.8. The number of benzene rings is 2. The molecule has 0 fully saturated rings. The molecule has 0 saturated heterocycles. The van der Waals surface area contributed by atoms with Gasteiger partial charge < -0.3 is 4.74 Å². The number of hydrogen-bond acceptors (Lipinski definition) is 4. The summed E-state index contributed by atoms with van der Waals surface area (Å²) in [6.45, 7) is 6.36. The van der Waals surface area contributed by atoms with Crippen molar-refractivity contribution in [2.24, 2.45) is 0 Å². The number of thioether (sulfide) groups is 1. The van der Waals surface area contributed by atoms with Crippen molar-refractivity contribution in [3.8, 4) is 11.6 Å². The Morgan fingerprint density at radius 2 is 1.85 bits per heavy atom. The first-order valence-electron chi connectivity index (χ1n) is 9.07. The Hall–Kier alpha value is -2.04. The molecule has 3 aromatic rings. The van der Waals surface area contributed by atoms with Crippen LogP contribution >= 0.6 is 23.4 Å². The fourth-order valence-electron chi connectivity index (χ4n) is 2.54. The molecule has 140 valence electrons. The van der Waals surface area contributed by atoms with Gasteiger partial charge in [0.2, 0.25) is 5.88 Å². The first-order chi connectivity index (χ1) is 13.0. The second-order valence-corrected chi connectivity index (χ2v) is 7.90. The predicted octanol–water partition coefficient (Wildman–Crippen LogP) is 6.90. The van der Waals surface area contributed by atoms with E-state index in [-0.39, 0.29) is 5.92 Å². The topological polar surface area (TPSA) is 35.0 Å². The van der Waals surface area contributed by atoms with Crippen molar-refractivity contribution < 1.29 is 4.74 Å². The van der Waals surface area contributed by atoms with Gasteiger partial charge in [-0.25, -0.2) is 4.98 Å². The number of aryl methyl sites for hydroxylation is 1. The standard InChI is InChI=1S/C22H23ClN2OS/c1-4-16-8-7-10-18(12-16)26-21-13-20(15(2)3)24-22(25-21)27-14-17-9-5-6-11-19(17)23/h5-13,15H,4,14H2,1-3H3. The highest BCUT2D eigenvalue weighted by atomic mass is 35.5. The third-order valence-electron chi connectivity index (χ3n) is 4.14. The van der Waals surface area contributed by atoms with Crippen molar-refractivity contribution in [3.05, 3.63) is 76.4 Å². The molecule has 0 aliphatic carbocycles. The summed E-state index contributed by atoms with van der Waals surface area (Å²) in [4.78, 5) is 9.28. The van der Waals surface area contributed by atoms with E-state index in [9.17, 15) is 0 Å². The summed E-state index contributed by atoms with van der Waals surface area (Å²) < 4.78 is 6.04. The number of rotatable bonds is 7. The van der Waals surface area contributed by atoms with Gasteiger partial charge in [0.1, 0.15) is 5.75 Å². The zero-order chi connectivity index (χ0) is 19.2. The summed E-state index contributed by atoms with van der Waals surface area (Å²) in [6, 6.07) is 17.9. The van der Waals surface area contributed by atoms with Gasteiger partial charge in [0.15, 0.2) is 5.16 Å². The molecule has 0 bridgehead atoms. The van der Waals surface area contributed by atoms with Crippen LogP contribution in [0.3, 0.4) is 0 Å². The fourth-order valence-corrected chi connectivity index (χ4v) is 3.68. The van der Waals surface area contributed by atoms with E-state index in [2.05, 4.69) is 36.8 Å². The van der Waals surface area contributed by atoms with Crippen LogP contribution in [0, 0.1) is 0 Å². The highest BCUT2D eigenvalue weighted by Crippen LogP contribution is 2.29. The smallest absolute Gasteiger partial charge is 0.223 e. The second kappa shape index (κ2) is 9.25. The van der Waals surface area contributed by atoms with Gasteiger partial charge in [-0.05, 0) is 41.7 Å². The highest BCUT2D eigenvalue weighted by Gasteiger charge is 2.11. The number of ether oxygens (including phenoxy) is 1. The van der Waals surface area contributed by atoms with Crippen molar-refractivity contribution in [2.75, 3.05) is 0 Å². The van der Waals surface area contributed by atoms with Crippen LogP contribution in [0.25, 0.3) is 0 Å². The van der Waals surface area contributed by atoms with E-state index in [1.54, 1.807) is 11.8 Å². The van der Waals surface area contributed by atoms with Crippen LogP contribution in [0.2, 0.25) is 5.02 Å². The second-order valence-electron chi connectivity index (χ2n) is 6.55. The summed E-state index contributed by atoms with van der Waals surface area (Å²) >= 11 is 7.83. The van der Waals surface area contributed by atoms with E-state index >= 15 is 0 Å². The molecule has 0 amide bonds. The van der Waals surface area contributed by atoms with E-state index in [1.165, 1.54) is 5.56 Å². The van der Waals surface area contributed by atoms with Gasteiger partial charge >= 0.3 is 0 Å². The van der Waals surface area contributed by atoms with Gasteiger partial charge in [-0.15, -0.1) is 0 Å². The Morgan fingerprint density at radius 3 is 2.59 bits per heavy atom. The molecule has 0 atom stereocenters. The summed E-state index contributed by atoms with van der Waals surface area (Å²) in [5.74, 6) is 2.37. The Bertz CT molecular complexity index is 914. The molecule has 0 radical (unpaired) electrons. The van der Waals surface area contributed by atoms with Crippen molar-refractivity contribution in [1.29, 1.82) is 0 Å². The molecule has 3 rings (SSSR count). The van der Waals surface area contributed by atoms with Crippen LogP contribution in [-0.2, 0) is 12.2 Å². The van der Waals surface area contributed by atoms with Gasteiger partial charge in [-0.3, -0.25) is 0 Å². The Kier molecular flexibility index (Phi) is 6.75. The fraction of sp³-hybridized carbons (Fsp3) is 0.273.